The first-order valence-corrected chi connectivity index (χ1v) is 7.85. The second kappa shape index (κ2) is 7.78. The Morgan fingerprint density at radius 1 is 1.14 bits per heavy atom. The van der Waals surface area contributed by atoms with Gasteiger partial charge in [-0.15, -0.1) is 0 Å². The van der Waals surface area contributed by atoms with Crippen LogP contribution in [0, 0.1) is 6.92 Å². The van der Waals surface area contributed by atoms with E-state index in [4.69, 9.17) is 9.15 Å². The lowest BCUT2D eigenvalue weighted by Gasteiger charge is -2.06. The van der Waals surface area contributed by atoms with Gasteiger partial charge in [0.05, 0.1) is 0 Å². The second-order valence-corrected chi connectivity index (χ2v) is 5.54. The van der Waals surface area contributed by atoms with Crippen molar-refractivity contribution < 1.29 is 13.9 Å². The highest BCUT2D eigenvalue weighted by atomic mass is 16.5. The molecule has 118 valence electrons. The third-order valence-corrected chi connectivity index (χ3v) is 3.64. The zero-order valence-corrected chi connectivity index (χ0v) is 13.2. The van der Waals surface area contributed by atoms with Crippen LogP contribution in [0.1, 0.15) is 51.0 Å². The minimum absolute atomic E-state index is 0.245. The number of ether oxygens (including phenoxy) is 1. The molecule has 22 heavy (non-hydrogen) atoms. The third-order valence-electron chi connectivity index (χ3n) is 3.64. The van der Waals surface area contributed by atoms with E-state index in [1.54, 1.807) is 18.2 Å². The molecular weight excluding hydrogens is 280 g/mol. The maximum absolute atomic E-state index is 11.8. The monoisotopic (exact) mass is 302 g/mol. The summed E-state index contributed by atoms with van der Waals surface area (Å²) in [5, 5.41) is 0.846. The fraction of sp³-hybridized carbons (Fsp3) is 0.444. The maximum Gasteiger partial charge on any atom is 0.336 e. The lowest BCUT2D eigenvalue weighted by atomic mass is 10.1. The Morgan fingerprint density at radius 2 is 1.91 bits per heavy atom. The summed E-state index contributed by atoms with van der Waals surface area (Å²) >= 11 is 0. The molecule has 0 bridgehead atoms. The molecule has 0 saturated carbocycles. The highest BCUT2D eigenvalue weighted by molar-refractivity contribution is 5.82. The SMILES string of the molecule is CCCCCCCC(=O)Oc1ccc2c(C)cc(=O)oc2c1. The molecule has 0 aliphatic carbocycles. The van der Waals surface area contributed by atoms with Crippen LogP contribution < -0.4 is 10.4 Å². The fourth-order valence-corrected chi connectivity index (χ4v) is 2.42. The smallest absolute Gasteiger partial charge is 0.336 e. The molecule has 0 radical (unpaired) electrons. The molecule has 1 aromatic carbocycles. The van der Waals surface area contributed by atoms with Gasteiger partial charge in [0.1, 0.15) is 11.3 Å². The molecule has 0 unspecified atom stereocenters. The Kier molecular flexibility index (Phi) is 5.75. The molecule has 0 saturated heterocycles. The molecule has 2 rings (SSSR count). The standard InChI is InChI=1S/C18H22O4/c1-3-4-5-6-7-8-17(19)21-14-9-10-15-13(2)11-18(20)22-16(15)12-14/h9-12H,3-8H2,1-2H3. The van der Waals surface area contributed by atoms with E-state index in [1.165, 1.54) is 18.9 Å². The lowest BCUT2D eigenvalue weighted by molar-refractivity contribution is -0.134. The van der Waals surface area contributed by atoms with Crippen molar-refractivity contribution >= 4 is 16.9 Å². The van der Waals surface area contributed by atoms with Crippen LogP contribution in [-0.2, 0) is 4.79 Å². The first-order chi connectivity index (χ1) is 10.6. The van der Waals surface area contributed by atoms with E-state index >= 15 is 0 Å². The van der Waals surface area contributed by atoms with Gasteiger partial charge >= 0.3 is 11.6 Å². The summed E-state index contributed by atoms with van der Waals surface area (Å²) in [4.78, 5) is 23.2. The van der Waals surface area contributed by atoms with Crippen molar-refractivity contribution in [3.8, 4) is 5.75 Å². The van der Waals surface area contributed by atoms with Gasteiger partial charge in [-0.1, -0.05) is 32.6 Å². The predicted octanol–water partition coefficient (Wildman–Crippen LogP) is 4.37. The minimum atomic E-state index is -0.399. The number of benzene rings is 1. The number of rotatable bonds is 7. The number of unbranched alkanes of at least 4 members (excludes halogenated alkanes) is 4. The van der Waals surface area contributed by atoms with Gasteiger partial charge in [-0.05, 0) is 31.0 Å². The zero-order chi connectivity index (χ0) is 15.9. The van der Waals surface area contributed by atoms with E-state index in [0.29, 0.717) is 17.8 Å². The van der Waals surface area contributed by atoms with Gasteiger partial charge in [0.25, 0.3) is 0 Å². The Bertz CT molecular complexity index is 700. The minimum Gasteiger partial charge on any atom is -0.426 e. The number of carbonyl (C=O) groups is 1. The highest BCUT2D eigenvalue weighted by Gasteiger charge is 2.08. The van der Waals surface area contributed by atoms with Crippen molar-refractivity contribution in [3.05, 3.63) is 40.2 Å². The molecule has 0 amide bonds. The molecule has 0 spiro atoms. The van der Waals surface area contributed by atoms with Crippen LogP contribution in [-0.4, -0.2) is 5.97 Å². The second-order valence-electron chi connectivity index (χ2n) is 5.54. The molecule has 1 aromatic heterocycles. The Balaban J connectivity index is 1.97. The molecule has 4 heteroatoms. The van der Waals surface area contributed by atoms with Gasteiger partial charge in [-0.3, -0.25) is 4.79 Å². The van der Waals surface area contributed by atoms with Crippen LogP contribution in [0.2, 0.25) is 0 Å². The summed E-state index contributed by atoms with van der Waals surface area (Å²) in [6, 6.07) is 6.57. The molecule has 2 aromatic rings. The summed E-state index contributed by atoms with van der Waals surface area (Å²) in [6.07, 6.45) is 5.86. The van der Waals surface area contributed by atoms with E-state index in [-0.39, 0.29) is 5.97 Å². The average Bonchev–Trinajstić information content (AvgIpc) is 2.46. The summed E-state index contributed by atoms with van der Waals surface area (Å²) in [5.41, 5.74) is 0.891. The van der Waals surface area contributed by atoms with E-state index in [2.05, 4.69) is 6.92 Å². The molecule has 0 aliphatic heterocycles. The molecule has 0 fully saturated rings. The van der Waals surface area contributed by atoms with Crippen LogP contribution in [0.4, 0.5) is 0 Å². The molecule has 4 nitrogen and oxygen atoms in total. The quantitative estimate of drug-likeness (QED) is 0.330. The van der Waals surface area contributed by atoms with Crippen molar-refractivity contribution in [3.63, 3.8) is 0 Å². The van der Waals surface area contributed by atoms with Crippen molar-refractivity contribution in [2.24, 2.45) is 0 Å². The van der Waals surface area contributed by atoms with E-state index in [0.717, 1.165) is 30.2 Å². The van der Waals surface area contributed by atoms with Crippen LogP contribution >= 0.6 is 0 Å². The lowest BCUT2D eigenvalue weighted by Crippen LogP contribution is -2.07. The maximum atomic E-state index is 11.8. The van der Waals surface area contributed by atoms with Crippen LogP contribution in [0.15, 0.2) is 33.5 Å². The van der Waals surface area contributed by atoms with Gasteiger partial charge in [0.2, 0.25) is 0 Å². The molecule has 0 N–H and O–H groups in total. The van der Waals surface area contributed by atoms with Crippen LogP contribution in [0.5, 0.6) is 5.75 Å². The normalized spacial score (nSPS) is 10.8. The van der Waals surface area contributed by atoms with Gasteiger partial charge in [0, 0.05) is 23.9 Å². The van der Waals surface area contributed by atoms with Crippen molar-refractivity contribution in [2.75, 3.05) is 0 Å². The molecular formula is C18H22O4. The summed E-state index contributed by atoms with van der Waals surface area (Å²) in [6.45, 7) is 4.01. The topological polar surface area (TPSA) is 56.5 Å². The Hall–Kier alpha value is -2.10. The van der Waals surface area contributed by atoms with Gasteiger partial charge in [-0.2, -0.15) is 0 Å². The van der Waals surface area contributed by atoms with Gasteiger partial charge < -0.3 is 9.15 Å². The molecule has 0 atom stereocenters. The van der Waals surface area contributed by atoms with Crippen molar-refractivity contribution in [2.45, 2.75) is 52.4 Å². The number of hydrogen-bond acceptors (Lipinski definition) is 4. The van der Waals surface area contributed by atoms with Gasteiger partial charge in [0.15, 0.2) is 0 Å². The summed E-state index contributed by atoms with van der Waals surface area (Å²) in [5.74, 6) is 0.172. The van der Waals surface area contributed by atoms with E-state index in [1.807, 2.05) is 6.92 Å². The number of hydrogen-bond donors (Lipinski definition) is 0. The van der Waals surface area contributed by atoms with Crippen LogP contribution in [0.3, 0.4) is 0 Å². The average molecular weight is 302 g/mol. The van der Waals surface area contributed by atoms with E-state index in [9.17, 15) is 9.59 Å². The van der Waals surface area contributed by atoms with Gasteiger partial charge in [-0.25, -0.2) is 4.79 Å². The fourth-order valence-electron chi connectivity index (χ4n) is 2.42. The number of esters is 1. The van der Waals surface area contributed by atoms with Crippen molar-refractivity contribution in [1.29, 1.82) is 0 Å². The largest absolute Gasteiger partial charge is 0.426 e. The van der Waals surface area contributed by atoms with E-state index < -0.39 is 5.63 Å². The third kappa shape index (κ3) is 4.45. The predicted molar refractivity (Wildman–Crippen MR) is 86.2 cm³/mol. The number of aryl methyl sites for hydroxylation is 1. The van der Waals surface area contributed by atoms with Crippen LogP contribution in [0.25, 0.3) is 11.0 Å². The first kappa shape index (κ1) is 16.3. The zero-order valence-electron chi connectivity index (χ0n) is 13.2. The summed E-state index contributed by atoms with van der Waals surface area (Å²) in [7, 11) is 0. The van der Waals surface area contributed by atoms with Crippen molar-refractivity contribution in [1.82, 2.24) is 0 Å². The molecule has 1 heterocycles. The highest BCUT2D eigenvalue weighted by Crippen LogP contribution is 2.22. The first-order valence-electron chi connectivity index (χ1n) is 7.85. The Morgan fingerprint density at radius 3 is 2.68 bits per heavy atom. The molecule has 0 aliphatic rings. The number of fused-ring (bicyclic) bond motifs is 1. The Labute approximate surface area is 130 Å². The number of carbonyl (C=O) groups excluding carboxylic acids is 1. The summed E-state index contributed by atoms with van der Waals surface area (Å²) < 4.78 is 10.5.